The first kappa shape index (κ1) is 24.1. The Morgan fingerprint density at radius 2 is 1.72 bits per heavy atom. The maximum absolute atomic E-state index is 12.8. The summed E-state index contributed by atoms with van der Waals surface area (Å²) in [6, 6.07) is 16.1. The SMILES string of the molecule is CC1=NN(c2ccccc2)C(=O)/C1=C/c1ccc(OC(NC(=O)C(C)C)C(Cl)(Cl)Cl)cc1. The van der Waals surface area contributed by atoms with Crippen molar-refractivity contribution in [3.8, 4) is 5.75 Å². The van der Waals surface area contributed by atoms with E-state index in [1.54, 1.807) is 51.1 Å². The zero-order valence-corrected chi connectivity index (χ0v) is 19.9. The highest BCUT2D eigenvalue weighted by atomic mass is 35.6. The van der Waals surface area contributed by atoms with Crippen LogP contribution >= 0.6 is 34.8 Å². The summed E-state index contributed by atoms with van der Waals surface area (Å²) in [6.07, 6.45) is 0.581. The smallest absolute Gasteiger partial charge is 0.280 e. The van der Waals surface area contributed by atoms with Crippen LogP contribution in [0.5, 0.6) is 5.75 Å². The van der Waals surface area contributed by atoms with Crippen LogP contribution in [0.2, 0.25) is 0 Å². The molecule has 2 aromatic carbocycles. The van der Waals surface area contributed by atoms with Crippen LogP contribution in [0, 0.1) is 5.92 Å². The minimum Gasteiger partial charge on any atom is -0.466 e. The summed E-state index contributed by atoms with van der Waals surface area (Å²) in [6.45, 7) is 5.23. The minimum atomic E-state index is -1.87. The molecule has 0 saturated heterocycles. The van der Waals surface area contributed by atoms with Crippen LogP contribution < -0.4 is 15.1 Å². The molecule has 2 aromatic rings. The summed E-state index contributed by atoms with van der Waals surface area (Å²) in [5, 5.41) is 8.32. The number of hydrogen-bond donors (Lipinski definition) is 1. The van der Waals surface area contributed by atoms with Gasteiger partial charge in [0, 0.05) is 5.92 Å². The fraction of sp³-hybridized carbons (Fsp3) is 0.261. The average Bonchev–Trinajstić information content (AvgIpc) is 3.02. The molecule has 168 valence electrons. The molecule has 0 spiro atoms. The lowest BCUT2D eigenvalue weighted by atomic mass is 10.1. The van der Waals surface area contributed by atoms with E-state index in [1.807, 2.05) is 30.3 Å². The fourth-order valence-corrected chi connectivity index (χ4v) is 3.15. The third-order valence-corrected chi connectivity index (χ3v) is 5.20. The van der Waals surface area contributed by atoms with Crippen molar-refractivity contribution in [2.75, 3.05) is 5.01 Å². The first-order valence-corrected chi connectivity index (χ1v) is 11.0. The molecule has 1 atom stereocenters. The van der Waals surface area contributed by atoms with Crippen LogP contribution in [0.15, 0.2) is 65.3 Å². The van der Waals surface area contributed by atoms with Crippen molar-refractivity contribution >= 4 is 64.1 Å². The Morgan fingerprint density at radius 1 is 1.09 bits per heavy atom. The number of carbonyl (C=O) groups is 2. The number of alkyl halides is 3. The van der Waals surface area contributed by atoms with Crippen LogP contribution in [0.1, 0.15) is 26.3 Å². The van der Waals surface area contributed by atoms with E-state index < -0.39 is 10.0 Å². The van der Waals surface area contributed by atoms with Gasteiger partial charge in [0.15, 0.2) is 0 Å². The maximum atomic E-state index is 12.8. The largest absolute Gasteiger partial charge is 0.466 e. The second-order valence-electron chi connectivity index (χ2n) is 7.47. The van der Waals surface area contributed by atoms with E-state index in [1.165, 1.54) is 5.01 Å². The zero-order valence-electron chi connectivity index (χ0n) is 17.7. The average molecular weight is 495 g/mol. The van der Waals surface area contributed by atoms with E-state index in [2.05, 4.69) is 10.4 Å². The van der Waals surface area contributed by atoms with Crippen molar-refractivity contribution in [3.05, 3.63) is 65.7 Å². The molecule has 3 rings (SSSR count). The molecule has 6 nitrogen and oxygen atoms in total. The molecular formula is C23H22Cl3N3O3. The topological polar surface area (TPSA) is 71.0 Å². The van der Waals surface area contributed by atoms with Gasteiger partial charge in [-0.05, 0) is 42.8 Å². The highest BCUT2D eigenvalue weighted by Crippen LogP contribution is 2.32. The van der Waals surface area contributed by atoms with Crippen molar-refractivity contribution in [2.24, 2.45) is 11.0 Å². The predicted octanol–water partition coefficient (Wildman–Crippen LogP) is 5.34. The van der Waals surface area contributed by atoms with Gasteiger partial charge in [-0.1, -0.05) is 79.0 Å². The Balaban J connectivity index is 1.75. The van der Waals surface area contributed by atoms with Crippen LogP contribution in [0.4, 0.5) is 5.69 Å². The van der Waals surface area contributed by atoms with Gasteiger partial charge in [0.25, 0.3) is 5.91 Å². The number of benzene rings is 2. The summed E-state index contributed by atoms with van der Waals surface area (Å²) in [7, 11) is 0. The molecule has 1 heterocycles. The number of amides is 2. The highest BCUT2D eigenvalue weighted by Gasteiger charge is 2.36. The van der Waals surface area contributed by atoms with Gasteiger partial charge in [-0.25, -0.2) is 0 Å². The number of hydrogen-bond acceptors (Lipinski definition) is 4. The molecule has 1 aliphatic heterocycles. The van der Waals surface area contributed by atoms with E-state index in [0.717, 1.165) is 5.56 Å². The molecule has 0 aliphatic carbocycles. The number of anilines is 1. The van der Waals surface area contributed by atoms with Crippen molar-refractivity contribution in [3.63, 3.8) is 0 Å². The molecule has 9 heteroatoms. The second-order valence-corrected chi connectivity index (χ2v) is 9.84. The Bertz CT molecular complexity index is 1050. The third kappa shape index (κ3) is 5.82. The Hall–Kier alpha value is -2.54. The quantitative estimate of drug-likeness (QED) is 0.335. The van der Waals surface area contributed by atoms with E-state index in [-0.39, 0.29) is 17.7 Å². The fourth-order valence-electron chi connectivity index (χ4n) is 2.85. The van der Waals surface area contributed by atoms with Crippen LogP contribution in [-0.2, 0) is 9.59 Å². The molecule has 0 saturated carbocycles. The van der Waals surface area contributed by atoms with E-state index in [0.29, 0.717) is 22.7 Å². The minimum absolute atomic E-state index is 0.207. The molecule has 1 aliphatic rings. The van der Waals surface area contributed by atoms with Gasteiger partial charge in [0.1, 0.15) is 5.75 Å². The first-order chi connectivity index (χ1) is 15.1. The summed E-state index contributed by atoms with van der Waals surface area (Å²) in [4.78, 5) is 24.8. The number of carbonyl (C=O) groups excluding carboxylic acids is 2. The normalized spacial score (nSPS) is 16.3. The summed E-state index contributed by atoms with van der Waals surface area (Å²) < 4.78 is 3.83. The summed E-state index contributed by atoms with van der Waals surface area (Å²) >= 11 is 17.9. The van der Waals surface area contributed by atoms with Gasteiger partial charge in [0.2, 0.25) is 15.9 Å². The molecule has 1 N–H and O–H groups in total. The van der Waals surface area contributed by atoms with Gasteiger partial charge < -0.3 is 10.1 Å². The van der Waals surface area contributed by atoms with Crippen LogP contribution in [0.3, 0.4) is 0 Å². The number of para-hydroxylation sites is 1. The van der Waals surface area contributed by atoms with Gasteiger partial charge in [-0.2, -0.15) is 10.1 Å². The number of nitrogens with one attached hydrogen (secondary N) is 1. The lowest BCUT2D eigenvalue weighted by molar-refractivity contribution is -0.126. The Kier molecular flexibility index (Phi) is 7.49. The van der Waals surface area contributed by atoms with Crippen molar-refractivity contribution < 1.29 is 14.3 Å². The van der Waals surface area contributed by atoms with Crippen LogP contribution in [-0.4, -0.2) is 27.5 Å². The molecular weight excluding hydrogens is 473 g/mol. The number of hydrazone groups is 1. The van der Waals surface area contributed by atoms with Gasteiger partial charge in [-0.15, -0.1) is 0 Å². The van der Waals surface area contributed by atoms with Gasteiger partial charge in [-0.3, -0.25) is 9.59 Å². The molecule has 32 heavy (non-hydrogen) atoms. The van der Waals surface area contributed by atoms with Crippen molar-refractivity contribution in [1.29, 1.82) is 0 Å². The van der Waals surface area contributed by atoms with E-state index >= 15 is 0 Å². The lowest BCUT2D eigenvalue weighted by Gasteiger charge is -2.27. The Morgan fingerprint density at radius 3 is 2.28 bits per heavy atom. The summed E-state index contributed by atoms with van der Waals surface area (Å²) in [5.41, 5.74) is 2.57. The van der Waals surface area contributed by atoms with E-state index in [4.69, 9.17) is 39.5 Å². The molecule has 0 aromatic heterocycles. The molecule has 0 bridgehead atoms. The molecule has 0 radical (unpaired) electrons. The molecule has 0 fully saturated rings. The number of nitrogens with zero attached hydrogens (tertiary/aromatic N) is 2. The standard InChI is InChI=1S/C23H22Cl3N3O3/c1-14(2)20(30)27-22(23(24,25)26)32-18-11-9-16(10-12-18)13-19-15(3)28-29(21(19)31)17-7-5-4-6-8-17/h4-14,22H,1-3H3,(H,27,30)/b19-13+. The van der Waals surface area contributed by atoms with Crippen molar-refractivity contribution in [1.82, 2.24) is 5.32 Å². The van der Waals surface area contributed by atoms with Gasteiger partial charge >= 0.3 is 0 Å². The number of halogens is 3. The van der Waals surface area contributed by atoms with Crippen LogP contribution in [0.25, 0.3) is 6.08 Å². The predicted molar refractivity (Wildman–Crippen MR) is 129 cm³/mol. The maximum Gasteiger partial charge on any atom is 0.280 e. The molecule has 2 amide bonds. The van der Waals surface area contributed by atoms with Crippen molar-refractivity contribution in [2.45, 2.75) is 30.8 Å². The highest BCUT2D eigenvalue weighted by molar-refractivity contribution is 6.68. The monoisotopic (exact) mass is 493 g/mol. The first-order valence-electron chi connectivity index (χ1n) is 9.87. The van der Waals surface area contributed by atoms with Gasteiger partial charge in [0.05, 0.1) is 17.0 Å². The lowest BCUT2D eigenvalue weighted by Crippen LogP contribution is -2.49. The summed E-state index contributed by atoms with van der Waals surface area (Å²) in [5.74, 6) is -0.421. The number of rotatable bonds is 6. The molecule has 1 unspecified atom stereocenters. The number of ether oxygens (including phenoxy) is 1. The Labute approximate surface area is 201 Å². The third-order valence-electron chi connectivity index (χ3n) is 4.60. The zero-order chi connectivity index (χ0) is 23.5. The second kappa shape index (κ2) is 9.94. The van der Waals surface area contributed by atoms with E-state index in [9.17, 15) is 9.59 Å².